The Kier molecular flexibility index (Phi) is 5.08. The zero-order valence-electron chi connectivity index (χ0n) is 16.7. The lowest BCUT2D eigenvalue weighted by Crippen LogP contribution is -2.23. The molecule has 0 aliphatic carbocycles. The molecule has 0 aliphatic rings. The normalized spacial score (nSPS) is 11.0. The highest BCUT2D eigenvalue weighted by Crippen LogP contribution is 2.19. The molecule has 2 aromatic carbocycles. The molecule has 0 saturated heterocycles. The number of benzene rings is 2. The first kappa shape index (κ1) is 18.8. The number of aromatic nitrogens is 4. The molecule has 0 unspecified atom stereocenters. The molecular formula is C23H22N4O2. The first-order chi connectivity index (χ1) is 14.0. The zero-order valence-corrected chi connectivity index (χ0v) is 16.7. The topological polar surface area (TPSA) is 73.8 Å². The second-order valence-corrected chi connectivity index (χ2v) is 7.21. The van der Waals surface area contributed by atoms with Crippen molar-refractivity contribution in [3.8, 4) is 22.6 Å². The molecule has 2 aromatic heterocycles. The molecule has 0 N–H and O–H groups in total. The van der Waals surface area contributed by atoms with E-state index in [-0.39, 0.29) is 5.56 Å². The van der Waals surface area contributed by atoms with Gasteiger partial charge in [0.05, 0.1) is 12.2 Å². The summed E-state index contributed by atoms with van der Waals surface area (Å²) in [6, 6.07) is 17.4. The van der Waals surface area contributed by atoms with Crippen molar-refractivity contribution < 1.29 is 4.52 Å². The van der Waals surface area contributed by atoms with Crippen molar-refractivity contribution in [3.63, 3.8) is 0 Å². The molecule has 0 fully saturated rings. The monoisotopic (exact) mass is 386 g/mol. The zero-order chi connectivity index (χ0) is 20.4. The maximum absolute atomic E-state index is 12.2. The summed E-state index contributed by atoms with van der Waals surface area (Å²) in [4.78, 5) is 16.7. The average molecular weight is 386 g/mol. The summed E-state index contributed by atoms with van der Waals surface area (Å²) >= 11 is 0. The second-order valence-electron chi connectivity index (χ2n) is 7.21. The molecule has 29 heavy (non-hydrogen) atoms. The molecule has 0 amide bonds. The second kappa shape index (κ2) is 7.83. The summed E-state index contributed by atoms with van der Waals surface area (Å²) in [5, 5.41) is 8.56. The maximum atomic E-state index is 12.2. The minimum absolute atomic E-state index is 0.157. The van der Waals surface area contributed by atoms with Crippen LogP contribution >= 0.6 is 0 Å². The summed E-state index contributed by atoms with van der Waals surface area (Å²) in [6.45, 7) is 6.54. The van der Waals surface area contributed by atoms with Crippen molar-refractivity contribution in [1.29, 1.82) is 0 Å². The van der Waals surface area contributed by atoms with Crippen molar-refractivity contribution in [3.05, 3.63) is 87.5 Å². The quantitative estimate of drug-likeness (QED) is 0.516. The molecule has 6 heteroatoms. The van der Waals surface area contributed by atoms with Gasteiger partial charge in [-0.3, -0.25) is 4.79 Å². The number of aryl methyl sites for hydroxylation is 5. The van der Waals surface area contributed by atoms with Gasteiger partial charge in [0.2, 0.25) is 11.7 Å². The van der Waals surface area contributed by atoms with Gasteiger partial charge >= 0.3 is 0 Å². The molecule has 4 aromatic rings. The Balaban J connectivity index is 1.52. The van der Waals surface area contributed by atoms with E-state index in [1.807, 2.05) is 37.3 Å². The van der Waals surface area contributed by atoms with E-state index in [0.717, 1.165) is 16.8 Å². The van der Waals surface area contributed by atoms with Gasteiger partial charge in [0.25, 0.3) is 5.56 Å². The summed E-state index contributed by atoms with van der Waals surface area (Å²) in [5.74, 6) is 1.02. The number of rotatable bonds is 5. The largest absolute Gasteiger partial charge is 0.339 e. The van der Waals surface area contributed by atoms with Crippen LogP contribution in [0.3, 0.4) is 0 Å². The third-order valence-electron chi connectivity index (χ3n) is 4.98. The number of hydrogen-bond donors (Lipinski definition) is 0. The summed E-state index contributed by atoms with van der Waals surface area (Å²) in [7, 11) is 0. The van der Waals surface area contributed by atoms with Crippen LogP contribution < -0.4 is 5.56 Å². The highest BCUT2D eigenvalue weighted by atomic mass is 16.5. The van der Waals surface area contributed by atoms with Gasteiger partial charge < -0.3 is 4.52 Å². The molecule has 0 atom stereocenters. The first-order valence-electron chi connectivity index (χ1n) is 9.55. The van der Waals surface area contributed by atoms with E-state index in [4.69, 9.17) is 4.52 Å². The molecule has 0 bridgehead atoms. The van der Waals surface area contributed by atoms with Crippen LogP contribution in [-0.2, 0) is 13.0 Å². The fraction of sp³-hybridized carbons (Fsp3) is 0.217. The Hall–Kier alpha value is -3.54. The molecule has 146 valence electrons. The van der Waals surface area contributed by atoms with E-state index in [1.165, 1.54) is 21.4 Å². The third kappa shape index (κ3) is 4.16. The van der Waals surface area contributed by atoms with Gasteiger partial charge in [-0.1, -0.05) is 47.1 Å². The third-order valence-corrected chi connectivity index (χ3v) is 4.98. The maximum Gasteiger partial charge on any atom is 0.266 e. The van der Waals surface area contributed by atoms with Crippen molar-refractivity contribution in [2.45, 2.75) is 33.7 Å². The summed E-state index contributed by atoms with van der Waals surface area (Å²) in [5.41, 5.74) is 6.08. The Morgan fingerprint density at radius 2 is 1.66 bits per heavy atom. The summed E-state index contributed by atoms with van der Waals surface area (Å²) in [6.07, 6.45) is 0.433. The molecule has 0 spiro atoms. The average Bonchev–Trinajstić information content (AvgIpc) is 3.19. The van der Waals surface area contributed by atoms with Gasteiger partial charge in [-0.15, -0.1) is 0 Å². The fourth-order valence-electron chi connectivity index (χ4n) is 3.04. The SMILES string of the molecule is Cc1ccc(-c2noc(CCn3nc(-c4ccc(C)c(C)c4)ccc3=O)n2)cc1. The van der Waals surface area contributed by atoms with Crippen LogP contribution in [0, 0.1) is 20.8 Å². The Morgan fingerprint density at radius 1 is 0.897 bits per heavy atom. The minimum Gasteiger partial charge on any atom is -0.339 e. The summed E-state index contributed by atoms with van der Waals surface area (Å²) < 4.78 is 6.80. The highest BCUT2D eigenvalue weighted by Gasteiger charge is 2.10. The smallest absolute Gasteiger partial charge is 0.266 e. The minimum atomic E-state index is -0.157. The van der Waals surface area contributed by atoms with Crippen LogP contribution in [0.25, 0.3) is 22.6 Å². The molecule has 2 heterocycles. The lowest BCUT2D eigenvalue weighted by atomic mass is 10.0. The van der Waals surface area contributed by atoms with Crippen LogP contribution in [0.1, 0.15) is 22.6 Å². The van der Waals surface area contributed by atoms with E-state index in [0.29, 0.717) is 24.7 Å². The predicted octanol–water partition coefficient (Wildman–Crippen LogP) is 4.13. The molecule has 0 radical (unpaired) electrons. The molecule has 6 nitrogen and oxygen atoms in total. The lowest BCUT2D eigenvalue weighted by molar-refractivity contribution is 0.368. The van der Waals surface area contributed by atoms with Crippen LogP contribution in [-0.4, -0.2) is 19.9 Å². The van der Waals surface area contributed by atoms with E-state index in [1.54, 1.807) is 12.1 Å². The van der Waals surface area contributed by atoms with Gasteiger partial charge in [-0.05, 0) is 44.0 Å². The van der Waals surface area contributed by atoms with E-state index < -0.39 is 0 Å². The van der Waals surface area contributed by atoms with E-state index in [9.17, 15) is 4.79 Å². The fourth-order valence-corrected chi connectivity index (χ4v) is 3.04. The Bertz CT molecular complexity index is 1210. The van der Waals surface area contributed by atoms with Crippen molar-refractivity contribution >= 4 is 0 Å². The lowest BCUT2D eigenvalue weighted by Gasteiger charge is -2.08. The molecule has 0 saturated carbocycles. The highest BCUT2D eigenvalue weighted by molar-refractivity contribution is 5.60. The van der Waals surface area contributed by atoms with Crippen LogP contribution in [0.4, 0.5) is 0 Å². The molecule has 0 aliphatic heterocycles. The Morgan fingerprint density at radius 3 is 2.41 bits per heavy atom. The van der Waals surface area contributed by atoms with Crippen molar-refractivity contribution in [2.24, 2.45) is 0 Å². The van der Waals surface area contributed by atoms with Crippen LogP contribution in [0.15, 0.2) is 63.9 Å². The van der Waals surface area contributed by atoms with E-state index >= 15 is 0 Å². The number of hydrogen-bond acceptors (Lipinski definition) is 5. The Labute approximate surface area is 168 Å². The standard InChI is InChI=1S/C23H22N4O2/c1-15-4-7-18(8-5-15)23-24-21(29-26-23)12-13-27-22(28)11-10-20(25-27)19-9-6-16(2)17(3)14-19/h4-11,14H,12-13H2,1-3H3. The van der Waals surface area contributed by atoms with Gasteiger partial charge in [0.1, 0.15) is 0 Å². The van der Waals surface area contributed by atoms with Crippen molar-refractivity contribution in [1.82, 2.24) is 19.9 Å². The van der Waals surface area contributed by atoms with Gasteiger partial charge in [-0.2, -0.15) is 10.1 Å². The first-order valence-corrected chi connectivity index (χ1v) is 9.55. The number of nitrogens with zero attached hydrogens (tertiary/aromatic N) is 4. The van der Waals surface area contributed by atoms with Crippen LogP contribution in [0.5, 0.6) is 0 Å². The van der Waals surface area contributed by atoms with Gasteiger partial charge in [0, 0.05) is 23.6 Å². The van der Waals surface area contributed by atoms with E-state index in [2.05, 4.69) is 41.2 Å². The molecule has 4 rings (SSSR count). The van der Waals surface area contributed by atoms with Crippen molar-refractivity contribution in [2.75, 3.05) is 0 Å². The van der Waals surface area contributed by atoms with Gasteiger partial charge in [-0.25, -0.2) is 4.68 Å². The van der Waals surface area contributed by atoms with Gasteiger partial charge in [0.15, 0.2) is 0 Å². The van der Waals surface area contributed by atoms with Crippen LogP contribution in [0.2, 0.25) is 0 Å². The predicted molar refractivity (Wildman–Crippen MR) is 112 cm³/mol. The molecular weight excluding hydrogens is 364 g/mol.